The first kappa shape index (κ1) is 24.1. The second kappa shape index (κ2) is 12.5. The molecule has 0 bridgehead atoms. The van der Waals surface area contributed by atoms with Crippen LogP contribution in [0.4, 0.5) is 0 Å². The molecule has 170 valence electrons. The van der Waals surface area contributed by atoms with Crippen molar-refractivity contribution in [3.8, 4) is 5.75 Å². The summed E-state index contributed by atoms with van der Waals surface area (Å²) in [6.45, 7) is 3.89. The smallest absolute Gasteiger partial charge is 0.258 e. The van der Waals surface area contributed by atoms with Gasteiger partial charge in [-0.1, -0.05) is 48.0 Å². The van der Waals surface area contributed by atoms with Crippen LogP contribution in [0.3, 0.4) is 0 Å². The van der Waals surface area contributed by atoms with E-state index in [1.807, 2.05) is 68.4 Å². The summed E-state index contributed by atoms with van der Waals surface area (Å²) in [6, 6.07) is 24.8. The highest BCUT2D eigenvalue weighted by molar-refractivity contribution is 8.00. The number of amides is 2. The SMILES string of the molecule is Cc1ccc(SCC(=O)N/N=C/c2ccc(OCC(=O)NC(C)c3ccccc3)cc2)cc1. The van der Waals surface area contributed by atoms with E-state index in [0.29, 0.717) is 5.75 Å². The van der Waals surface area contributed by atoms with Crippen LogP contribution < -0.4 is 15.5 Å². The van der Waals surface area contributed by atoms with E-state index in [4.69, 9.17) is 4.74 Å². The molecule has 0 aromatic heterocycles. The van der Waals surface area contributed by atoms with Gasteiger partial charge in [-0.25, -0.2) is 5.43 Å². The molecule has 0 radical (unpaired) electrons. The molecule has 3 aromatic carbocycles. The van der Waals surface area contributed by atoms with E-state index >= 15 is 0 Å². The molecule has 3 rings (SSSR count). The van der Waals surface area contributed by atoms with Gasteiger partial charge in [0.25, 0.3) is 5.91 Å². The Morgan fingerprint density at radius 3 is 2.36 bits per heavy atom. The fraction of sp³-hybridized carbons (Fsp3) is 0.192. The van der Waals surface area contributed by atoms with Crippen molar-refractivity contribution in [2.24, 2.45) is 5.10 Å². The van der Waals surface area contributed by atoms with Gasteiger partial charge in [-0.3, -0.25) is 9.59 Å². The number of nitrogens with one attached hydrogen (secondary N) is 2. The molecule has 0 fully saturated rings. The monoisotopic (exact) mass is 461 g/mol. The van der Waals surface area contributed by atoms with Gasteiger partial charge in [0, 0.05) is 4.90 Å². The van der Waals surface area contributed by atoms with E-state index in [0.717, 1.165) is 16.0 Å². The van der Waals surface area contributed by atoms with Gasteiger partial charge in [0.15, 0.2) is 6.61 Å². The second-order valence-electron chi connectivity index (χ2n) is 7.45. The van der Waals surface area contributed by atoms with E-state index in [1.54, 1.807) is 30.5 Å². The Hall–Kier alpha value is -3.58. The highest BCUT2D eigenvalue weighted by Crippen LogP contribution is 2.18. The Kier molecular flexibility index (Phi) is 9.08. The Balaban J connectivity index is 1.37. The van der Waals surface area contributed by atoms with Gasteiger partial charge in [0.1, 0.15) is 5.75 Å². The van der Waals surface area contributed by atoms with Gasteiger partial charge in [-0.15, -0.1) is 11.8 Å². The van der Waals surface area contributed by atoms with Crippen LogP contribution in [0.25, 0.3) is 0 Å². The number of carbonyl (C=O) groups excluding carboxylic acids is 2. The molecule has 1 atom stereocenters. The van der Waals surface area contributed by atoms with Crippen molar-refractivity contribution in [3.63, 3.8) is 0 Å². The predicted octanol–water partition coefficient (Wildman–Crippen LogP) is 4.49. The third-order valence-corrected chi connectivity index (χ3v) is 5.73. The zero-order chi connectivity index (χ0) is 23.5. The molecule has 0 aliphatic rings. The quantitative estimate of drug-likeness (QED) is 0.265. The van der Waals surface area contributed by atoms with Crippen LogP contribution in [0.15, 0.2) is 88.9 Å². The van der Waals surface area contributed by atoms with Crippen molar-refractivity contribution in [2.45, 2.75) is 24.8 Å². The molecular weight excluding hydrogens is 434 g/mol. The molecule has 0 aliphatic carbocycles. The summed E-state index contributed by atoms with van der Waals surface area (Å²) in [4.78, 5) is 25.1. The normalized spacial score (nSPS) is 11.7. The number of benzene rings is 3. The highest BCUT2D eigenvalue weighted by atomic mass is 32.2. The third-order valence-electron chi connectivity index (χ3n) is 4.72. The summed E-state index contributed by atoms with van der Waals surface area (Å²) < 4.78 is 5.55. The summed E-state index contributed by atoms with van der Waals surface area (Å²) in [6.07, 6.45) is 1.56. The van der Waals surface area contributed by atoms with E-state index in [2.05, 4.69) is 15.8 Å². The molecule has 1 unspecified atom stereocenters. The van der Waals surface area contributed by atoms with Crippen molar-refractivity contribution in [3.05, 3.63) is 95.6 Å². The van der Waals surface area contributed by atoms with Gasteiger partial charge in [-0.2, -0.15) is 5.10 Å². The summed E-state index contributed by atoms with van der Waals surface area (Å²) in [5, 5.41) is 6.90. The predicted molar refractivity (Wildman–Crippen MR) is 133 cm³/mol. The first-order chi connectivity index (χ1) is 16.0. The number of hydrazone groups is 1. The molecule has 0 spiro atoms. The maximum absolute atomic E-state index is 12.1. The molecule has 3 aromatic rings. The fourth-order valence-electron chi connectivity index (χ4n) is 2.90. The molecule has 33 heavy (non-hydrogen) atoms. The molecule has 0 saturated carbocycles. The fourth-order valence-corrected chi connectivity index (χ4v) is 3.59. The third kappa shape index (κ3) is 8.46. The first-order valence-corrected chi connectivity index (χ1v) is 11.6. The van der Waals surface area contributed by atoms with E-state index < -0.39 is 0 Å². The summed E-state index contributed by atoms with van der Waals surface area (Å²) in [5.74, 6) is 0.502. The second-order valence-corrected chi connectivity index (χ2v) is 8.50. The lowest BCUT2D eigenvalue weighted by Gasteiger charge is -2.14. The molecule has 2 amide bonds. The van der Waals surface area contributed by atoms with Gasteiger partial charge >= 0.3 is 0 Å². The zero-order valence-corrected chi connectivity index (χ0v) is 19.5. The number of ether oxygens (including phenoxy) is 1. The van der Waals surface area contributed by atoms with Gasteiger partial charge in [0.05, 0.1) is 18.0 Å². The molecule has 0 aliphatic heterocycles. The number of hydrogen-bond acceptors (Lipinski definition) is 5. The number of rotatable bonds is 10. The van der Waals surface area contributed by atoms with Crippen LogP contribution in [0.1, 0.15) is 29.7 Å². The summed E-state index contributed by atoms with van der Waals surface area (Å²) in [7, 11) is 0. The number of hydrogen-bond donors (Lipinski definition) is 2. The van der Waals surface area contributed by atoms with Crippen molar-refractivity contribution in [1.29, 1.82) is 0 Å². The minimum Gasteiger partial charge on any atom is -0.484 e. The topological polar surface area (TPSA) is 79.8 Å². The van der Waals surface area contributed by atoms with Crippen molar-refractivity contribution in [2.75, 3.05) is 12.4 Å². The lowest BCUT2D eigenvalue weighted by molar-refractivity contribution is -0.123. The zero-order valence-electron chi connectivity index (χ0n) is 18.7. The highest BCUT2D eigenvalue weighted by Gasteiger charge is 2.09. The van der Waals surface area contributed by atoms with Crippen molar-refractivity contribution >= 4 is 29.8 Å². The van der Waals surface area contributed by atoms with Crippen LogP contribution in [0.5, 0.6) is 5.75 Å². The van der Waals surface area contributed by atoms with Crippen LogP contribution >= 0.6 is 11.8 Å². The molecule has 7 heteroatoms. The Bertz CT molecular complexity index is 1070. The summed E-state index contributed by atoms with van der Waals surface area (Å²) in [5.41, 5.74) is 5.55. The molecule has 2 N–H and O–H groups in total. The van der Waals surface area contributed by atoms with Crippen LogP contribution in [0, 0.1) is 6.92 Å². The Morgan fingerprint density at radius 1 is 0.970 bits per heavy atom. The molecule has 0 saturated heterocycles. The standard InChI is InChI=1S/C26H27N3O3S/c1-19-8-14-24(15-9-19)33-18-26(31)29-27-16-21-10-12-23(13-11-21)32-17-25(30)28-20(2)22-6-4-3-5-7-22/h3-16,20H,17-18H2,1-2H3,(H,28,30)(H,29,31)/b27-16+. The lowest BCUT2D eigenvalue weighted by Crippen LogP contribution is -2.31. The maximum Gasteiger partial charge on any atom is 0.258 e. The van der Waals surface area contributed by atoms with Crippen molar-refractivity contribution < 1.29 is 14.3 Å². The van der Waals surface area contributed by atoms with Gasteiger partial charge in [-0.05, 0) is 61.4 Å². The Labute approximate surface area is 198 Å². The average molecular weight is 462 g/mol. The lowest BCUT2D eigenvalue weighted by atomic mass is 10.1. The largest absolute Gasteiger partial charge is 0.484 e. The van der Waals surface area contributed by atoms with Crippen LogP contribution in [-0.2, 0) is 9.59 Å². The molecule has 6 nitrogen and oxygen atoms in total. The van der Waals surface area contributed by atoms with Gasteiger partial charge in [0.2, 0.25) is 5.91 Å². The first-order valence-electron chi connectivity index (χ1n) is 10.6. The number of nitrogens with zero attached hydrogens (tertiary/aromatic N) is 1. The van der Waals surface area contributed by atoms with Crippen LogP contribution in [-0.4, -0.2) is 30.4 Å². The average Bonchev–Trinajstić information content (AvgIpc) is 2.84. The number of aryl methyl sites for hydroxylation is 1. The minimum absolute atomic E-state index is 0.0701. The van der Waals surface area contributed by atoms with Crippen LogP contribution in [0.2, 0.25) is 0 Å². The van der Waals surface area contributed by atoms with E-state index in [1.165, 1.54) is 17.3 Å². The minimum atomic E-state index is -0.191. The maximum atomic E-state index is 12.1. The molecular formula is C26H27N3O3S. The molecule has 0 heterocycles. The van der Waals surface area contributed by atoms with Gasteiger partial charge < -0.3 is 10.1 Å². The number of carbonyl (C=O) groups is 2. The van der Waals surface area contributed by atoms with E-state index in [9.17, 15) is 9.59 Å². The number of thioether (sulfide) groups is 1. The Morgan fingerprint density at radius 2 is 1.67 bits per heavy atom. The van der Waals surface area contributed by atoms with E-state index in [-0.39, 0.29) is 30.2 Å². The van der Waals surface area contributed by atoms with Crippen molar-refractivity contribution in [1.82, 2.24) is 10.7 Å². The summed E-state index contributed by atoms with van der Waals surface area (Å²) >= 11 is 1.46.